The van der Waals surface area contributed by atoms with Crippen LogP contribution < -0.4 is 0 Å². The minimum atomic E-state index is -0.783. The average molecular weight is 172 g/mol. The highest BCUT2D eigenvalue weighted by Gasteiger charge is 2.20. The molecule has 0 aliphatic heterocycles. The molecule has 0 unspecified atom stereocenters. The summed E-state index contributed by atoms with van der Waals surface area (Å²) in [6, 6.07) is 0. The van der Waals surface area contributed by atoms with Crippen LogP contribution in [-0.4, -0.2) is 23.8 Å². The number of hydrogen-bond donors (Lipinski definition) is 1. The molecule has 12 heavy (non-hydrogen) atoms. The summed E-state index contributed by atoms with van der Waals surface area (Å²) in [5.74, 6) is 0.0796. The molecule has 0 heterocycles. The van der Waals surface area contributed by atoms with Gasteiger partial charge in [-0.15, -0.1) is 0 Å². The fraction of sp³-hybridized carbons (Fsp3) is 0.889. The molecule has 0 saturated heterocycles. The van der Waals surface area contributed by atoms with Gasteiger partial charge in [0.1, 0.15) is 0 Å². The maximum atomic E-state index is 10.2. The molecule has 0 bridgehead atoms. The molecule has 1 fully saturated rings. The molecule has 0 spiro atoms. The summed E-state index contributed by atoms with van der Waals surface area (Å²) in [5, 5.41) is 8.42. The number of rotatable bonds is 6. The van der Waals surface area contributed by atoms with E-state index in [1.165, 1.54) is 12.8 Å². The number of ether oxygens (including phenoxy) is 1. The van der Waals surface area contributed by atoms with E-state index in [9.17, 15) is 4.79 Å². The molecular weight excluding hydrogens is 156 g/mol. The number of aliphatic carboxylic acids is 1. The van der Waals surface area contributed by atoms with Crippen LogP contribution >= 0.6 is 0 Å². The largest absolute Gasteiger partial charge is 0.481 e. The summed E-state index contributed by atoms with van der Waals surface area (Å²) in [5.41, 5.74) is 0. The first kappa shape index (κ1) is 9.52. The van der Waals surface area contributed by atoms with Gasteiger partial charge in [0.2, 0.25) is 0 Å². The van der Waals surface area contributed by atoms with Crippen LogP contribution in [0.25, 0.3) is 0 Å². The summed E-state index contributed by atoms with van der Waals surface area (Å²) < 4.78 is 5.32. The van der Waals surface area contributed by atoms with Crippen molar-refractivity contribution in [2.45, 2.75) is 38.7 Å². The fourth-order valence-electron chi connectivity index (χ4n) is 1.15. The van der Waals surface area contributed by atoms with Crippen molar-refractivity contribution in [1.29, 1.82) is 0 Å². The van der Waals surface area contributed by atoms with Gasteiger partial charge in [-0.1, -0.05) is 12.8 Å². The lowest BCUT2D eigenvalue weighted by Gasteiger charge is -2.09. The summed E-state index contributed by atoms with van der Waals surface area (Å²) in [7, 11) is 0. The van der Waals surface area contributed by atoms with E-state index in [2.05, 4.69) is 0 Å². The van der Waals surface area contributed by atoms with Crippen molar-refractivity contribution in [3.05, 3.63) is 0 Å². The number of hydrogen-bond acceptors (Lipinski definition) is 2. The van der Waals surface area contributed by atoms with Gasteiger partial charge in [0.15, 0.2) is 0 Å². The van der Waals surface area contributed by atoms with Gasteiger partial charge < -0.3 is 9.84 Å². The first-order valence-corrected chi connectivity index (χ1v) is 4.52. The molecule has 1 saturated carbocycles. The van der Waals surface area contributed by atoms with E-state index in [-0.39, 0.29) is 12.5 Å². The predicted octanol–water partition coefficient (Wildman–Crippen LogP) is 1.67. The Hall–Kier alpha value is -0.570. The molecule has 3 heteroatoms. The Kier molecular flexibility index (Phi) is 3.53. The molecule has 0 amide bonds. The Bertz CT molecular complexity index is 152. The zero-order chi connectivity index (χ0) is 8.97. The normalized spacial score (nSPS) is 19.1. The summed E-state index contributed by atoms with van der Waals surface area (Å²) in [4.78, 5) is 10.2. The molecule has 1 rings (SSSR count). The van der Waals surface area contributed by atoms with E-state index < -0.39 is 5.97 Å². The molecule has 3 nitrogen and oxygen atoms in total. The van der Waals surface area contributed by atoms with E-state index in [1.54, 1.807) is 6.92 Å². The highest BCUT2D eigenvalue weighted by atomic mass is 16.5. The summed E-state index contributed by atoms with van der Waals surface area (Å²) in [6.07, 6.45) is 3.74. The van der Waals surface area contributed by atoms with Crippen LogP contribution in [0.15, 0.2) is 0 Å². The zero-order valence-electron chi connectivity index (χ0n) is 7.45. The minimum absolute atomic E-state index is 0.116. The van der Waals surface area contributed by atoms with E-state index in [1.807, 2.05) is 0 Å². The number of carbonyl (C=O) groups is 1. The summed E-state index contributed by atoms with van der Waals surface area (Å²) >= 11 is 0. The van der Waals surface area contributed by atoms with Crippen molar-refractivity contribution in [2.24, 2.45) is 5.92 Å². The summed E-state index contributed by atoms with van der Waals surface area (Å²) in [6.45, 7) is 2.53. The van der Waals surface area contributed by atoms with Crippen LogP contribution in [0.5, 0.6) is 0 Å². The van der Waals surface area contributed by atoms with E-state index in [0.717, 1.165) is 18.9 Å². The molecule has 1 N–H and O–H groups in total. The molecule has 1 aliphatic carbocycles. The predicted molar refractivity (Wildman–Crippen MR) is 45.0 cm³/mol. The Morgan fingerprint density at radius 3 is 2.83 bits per heavy atom. The molecule has 1 atom stereocenters. The van der Waals surface area contributed by atoms with Crippen molar-refractivity contribution >= 4 is 5.97 Å². The maximum Gasteiger partial charge on any atom is 0.305 e. The Labute approximate surface area is 72.7 Å². The van der Waals surface area contributed by atoms with Crippen LogP contribution in [0.1, 0.15) is 32.6 Å². The van der Waals surface area contributed by atoms with Gasteiger partial charge in [-0.2, -0.15) is 0 Å². The van der Waals surface area contributed by atoms with Crippen molar-refractivity contribution in [1.82, 2.24) is 0 Å². The van der Waals surface area contributed by atoms with Gasteiger partial charge in [-0.3, -0.25) is 4.79 Å². The van der Waals surface area contributed by atoms with Crippen LogP contribution in [0.4, 0.5) is 0 Å². The lowest BCUT2D eigenvalue weighted by Crippen LogP contribution is -2.14. The fourth-order valence-corrected chi connectivity index (χ4v) is 1.15. The highest BCUT2D eigenvalue weighted by molar-refractivity contribution is 5.67. The first-order valence-electron chi connectivity index (χ1n) is 4.52. The molecule has 0 aromatic carbocycles. The van der Waals surface area contributed by atoms with Gasteiger partial charge in [0, 0.05) is 6.61 Å². The minimum Gasteiger partial charge on any atom is -0.481 e. The Morgan fingerprint density at radius 1 is 1.67 bits per heavy atom. The first-order chi connectivity index (χ1) is 5.68. The van der Waals surface area contributed by atoms with Crippen molar-refractivity contribution in [3.8, 4) is 0 Å². The van der Waals surface area contributed by atoms with Gasteiger partial charge in [0.05, 0.1) is 12.5 Å². The lowest BCUT2D eigenvalue weighted by atomic mass is 10.3. The maximum absolute atomic E-state index is 10.2. The van der Waals surface area contributed by atoms with Gasteiger partial charge in [0.25, 0.3) is 0 Å². The second-order valence-electron chi connectivity index (χ2n) is 3.51. The molecule has 70 valence electrons. The SMILES string of the molecule is C[C@H](CC(=O)O)OCCC1CC1. The topological polar surface area (TPSA) is 46.5 Å². The Morgan fingerprint density at radius 2 is 2.33 bits per heavy atom. The van der Waals surface area contributed by atoms with Crippen molar-refractivity contribution < 1.29 is 14.6 Å². The third-order valence-corrected chi connectivity index (χ3v) is 2.09. The second kappa shape index (κ2) is 4.45. The third-order valence-electron chi connectivity index (χ3n) is 2.09. The van der Waals surface area contributed by atoms with Crippen LogP contribution in [0, 0.1) is 5.92 Å². The number of carboxylic acid groups (broad SMARTS) is 1. The third kappa shape index (κ3) is 4.34. The monoisotopic (exact) mass is 172 g/mol. The quantitative estimate of drug-likeness (QED) is 0.662. The van der Waals surface area contributed by atoms with E-state index >= 15 is 0 Å². The standard InChI is InChI=1S/C9H16O3/c1-7(6-9(10)11)12-5-4-8-2-3-8/h7-8H,2-6H2,1H3,(H,10,11)/t7-/m1/s1. The molecule has 0 aromatic rings. The van der Waals surface area contributed by atoms with Gasteiger partial charge in [-0.25, -0.2) is 0 Å². The molecule has 0 radical (unpaired) electrons. The Balaban J connectivity index is 1.93. The van der Waals surface area contributed by atoms with Crippen LogP contribution in [0.3, 0.4) is 0 Å². The molecular formula is C9H16O3. The van der Waals surface area contributed by atoms with Crippen LogP contribution in [-0.2, 0) is 9.53 Å². The van der Waals surface area contributed by atoms with Crippen LogP contribution in [0.2, 0.25) is 0 Å². The lowest BCUT2D eigenvalue weighted by molar-refractivity contribution is -0.139. The number of carboxylic acids is 1. The smallest absolute Gasteiger partial charge is 0.305 e. The van der Waals surface area contributed by atoms with Crippen molar-refractivity contribution in [2.75, 3.05) is 6.61 Å². The zero-order valence-corrected chi connectivity index (χ0v) is 7.45. The van der Waals surface area contributed by atoms with Gasteiger partial charge >= 0.3 is 5.97 Å². The average Bonchev–Trinajstić information content (AvgIpc) is 2.69. The van der Waals surface area contributed by atoms with E-state index in [4.69, 9.17) is 9.84 Å². The van der Waals surface area contributed by atoms with Gasteiger partial charge in [-0.05, 0) is 19.3 Å². The van der Waals surface area contributed by atoms with Crippen molar-refractivity contribution in [3.63, 3.8) is 0 Å². The molecule has 1 aliphatic rings. The highest BCUT2D eigenvalue weighted by Crippen LogP contribution is 2.32. The second-order valence-corrected chi connectivity index (χ2v) is 3.51. The van der Waals surface area contributed by atoms with E-state index in [0.29, 0.717) is 0 Å². The molecule has 0 aromatic heterocycles.